The first kappa shape index (κ1) is 18.1. The fourth-order valence-electron chi connectivity index (χ4n) is 3.09. The number of aromatic nitrogens is 3. The van der Waals surface area contributed by atoms with Gasteiger partial charge in [-0.1, -0.05) is 23.7 Å². The fraction of sp³-hybridized carbons (Fsp3) is 0.412. The maximum absolute atomic E-state index is 13.0. The Kier molecular flexibility index (Phi) is 4.31. The lowest BCUT2D eigenvalue weighted by Gasteiger charge is -2.24. The minimum Gasteiger partial charge on any atom is -0.495 e. The summed E-state index contributed by atoms with van der Waals surface area (Å²) in [5.41, 5.74) is 0.817. The van der Waals surface area contributed by atoms with E-state index in [0.29, 0.717) is 34.1 Å². The van der Waals surface area contributed by atoms with Crippen molar-refractivity contribution < 1.29 is 22.6 Å². The molecule has 3 heterocycles. The molecule has 144 valence electrons. The van der Waals surface area contributed by atoms with Gasteiger partial charge in [0.05, 0.1) is 19.0 Å². The van der Waals surface area contributed by atoms with Crippen LogP contribution in [-0.2, 0) is 15.7 Å². The normalized spacial score (nSPS) is 27.8. The van der Waals surface area contributed by atoms with E-state index < -0.39 is 11.9 Å². The van der Waals surface area contributed by atoms with Crippen LogP contribution >= 0.6 is 11.6 Å². The molecule has 0 bridgehead atoms. The van der Waals surface area contributed by atoms with Crippen molar-refractivity contribution in [2.24, 2.45) is 5.92 Å². The third-order valence-electron chi connectivity index (χ3n) is 4.63. The standard InChI is InChI=1S/C17H16ClF3N4O2/c1-8-3-12(25-7-15(23-24-25)17(19,20)21)9(4-11(8)18)10-5-13-16(27-13)22-6-14(10)26-2/h4-8,13,16,22H,3H2,1-2H3. The van der Waals surface area contributed by atoms with Gasteiger partial charge in [-0.25, -0.2) is 4.68 Å². The highest BCUT2D eigenvalue weighted by Gasteiger charge is 2.40. The summed E-state index contributed by atoms with van der Waals surface area (Å²) in [4.78, 5) is 0. The Hall–Kier alpha value is -2.26. The average Bonchev–Trinajstić information content (AvgIpc) is 3.18. The summed E-state index contributed by atoms with van der Waals surface area (Å²) in [5.74, 6) is 0.470. The molecule has 3 aliphatic rings. The maximum atomic E-state index is 13.0. The average molecular weight is 401 g/mol. The lowest BCUT2D eigenvalue weighted by atomic mass is 9.89. The molecule has 1 saturated heterocycles. The second-order valence-corrected chi connectivity index (χ2v) is 6.96. The maximum Gasteiger partial charge on any atom is 0.436 e. The van der Waals surface area contributed by atoms with E-state index in [1.165, 1.54) is 7.11 Å². The summed E-state index contributed by atoms with van der Waals surface area (Å²) in [6.07, 6.45) is 1.72. The Labute approximate surface area is 158 Å². The molecular weight excluding hydrogens is 385 g/mol. The number of hydrogen-bond donors (Lipinski definition) is 1. The van der Waals surface area contributed by atoms with Crippen molar-refractivity contribution in [2.45, 2.75) is 31.9 Å². The molecule has 1 fully saturated rings. The van der Waals surface area contributed by atoms with Crippen molar-refractivity contribution in [2.75, 3.05) is 7.11 Å². The van der Waals surface area contributed by atoms with E-state index >= 15 is 0 Å². The number of allylic oxidation sites excluding steroid dienone is 4. The monoisotopic (exact) mass is 400 g/mol. The van der Waals surface area contributed by atoms with Crippen LogP contribution in [0, 0.1) is 5.92 Å². The zero-order chi connectivity index (χ0) is 19.3. The van der Waals surface area contributed by atoms with Gasteiger partial charge in [-0.15, -0.1) is 5.10 Å². The molecule has 27 heavy (non-hydrogen) atoms. The molecular formula is C17H16ClF3N4O2. The van der Waals surface area contributed by atoms with E-state index in [1.54, 1.807) is 12.3 Å². The molecule has 0 aromatic carbocycles. The van der Waals surface area contributed by atoms with Crippen LogP contribution in [-0.4, -0.2) is 34.4 Å². The molecule has 3 unspecified atom stereocenters. The van der Waals surface area contributed by atoms with Gasteiger partial charge in [0.2, 0.25) is 0 Å². The van der Waals surface area contributed by atoms with Crippen molar-refractivity contribution in [3.05, 3.63) is 52.2 Å². The highest BCUT2D eigenvalue weighted by molar-refractivity contribution is 6.30. The number of ether oxygens (including phenoxy) is 2. The van der Waals surface area contributed by atoms with Crippen LogP contribution in [0.5, 0.6) is 0 Å². The lowest BCUT2D eigenvalue weighted by molar-refractivity contribution is -0.141. The first-order valence-corrected chi connectivity index (χ1v) is 8.64. The van der Waals surface area contributed by atoms with E-state index in [4.69, 9.17) is 21.1 Å². The molecule has 3 atom stereocenters. The van der Waals surface area contributed by atoms with Crippen LogP contribution in [0.25, 0.3) is 5.70 Å². The molecule has 2 aliphatic heterocycles. The van der Waals surface area contributed by atoms with Gasteiger partial charge in [0.15, 0.2) is 11.9 Å². The van der Waals surface area contributed by atoms with Gasteiger partial charge in [0, 0.05) is 22.4 Å². The van der Waals surface area contributed by atoms with Crippen LogP contribution in [0.3, 0.4) is 0 Å². The minimum absolute atomic E-state index is 0.0617. The lowest BCUT2D eigenvalue weighted by Crippen LogP contribution is -2.14. The number of rotatable bonds is 3. The zero-order valence-corrected chi connectivity index (χ0v) is 15.2. The smallest absolute Gasteiger partial charge is 0.436 e. The predicted molar refractivity (Wildman–Crippen MR) is 90.9 cm³/mol. The Morgan fingerprint density at radius 2 is 2.19 bits per heavy atom. The molecule has 6 nitrogen and oxygen atoms in total. The summed E-state index contributed by atoms with van der Waals surface area (Å²) in [7, 11) is 1.52. The molecule has 0 spiro atoms. The van der Waals surface area contributed by atoms with E-state index in [0.717, 1.165) is 10.9 Å². The summed E-state index contributed by atoms with van der Waals surface area (Å²) in [6, 6.07) is 0. The van der Waals surface area contributed by atoms with Crippen molar-refractivity contribution >= 4 is 17.3 Å². The fourth-order valence-corrected chi connectivity index (χ4v) is 3.28. The van der Waals surface area contributed by atoms with Gasteiger partial charge in [-0.3, -0.25) is 0 Å². The molecule has 10 heteroatoms. The van der Waals surface area contributed by atoms with Gasteiger partial charge in [-0.05, 0) is 24.5 Å². The highest BCUT2D eigenvalue weighted by Crippen LogP contribution is 2.41. The molecule has 1 aliphatic carbocycles. The number of methoxy groups -OCH3 is 1. The van der Waals surface area contributed by atoms with Crippen molar-refractivity contribution in [3.8, 4) is 0 Å². The largest absolute Gasteiger partial charge is 0.495 e. The third-order valence-corrected chi connectivity index (χ3v) is 5.12. The number of halogens is 4. The molecule has 0 saturated carbocycles. The molecule has 0 radical (unpaired) electrons. The quantitative estimate of drug-likeness (QED) is 0.788. The SMILES string of the molecule is COC1=CNC2OC2C=C1C1=C(n2cc(C(F)(F)F)nn2)CC(C)C(Cl)=C1. The second kappa shape index (κ2) is 6.42. The van der Waals surface area contributed by atoms with Gasteiger partial charge < -0.3 is 14.8 Å². The van der Waals surface area contributed by atoms with Crippen LogP contribution in [0.1, 0.15) is 19.0 Å². The Balaban J connectivity index is 1.85. The molecule has 1 aromatic heterocycles. The summed E-state index contributed by atoms with van der Waals surface area (Å²) >= 11 is 6.36. The number of nitrogens with zero attached hydrogens (tertiary/aromatic N) is 3. The van der Waals surface area contributed by atoms with Crippen LogP contribution < -0.4 is 5.32 Å². The predicted octanol–water partition coefficient (Wildman–Crippen LogP) is 3.41. The Bertz CT molecular complexity index is 900. The molecule has 4 rings (SSSR count). The Morgan fingerprint density at radius 3 is 2.85 bits per heavy atom. The Morgan fingerprint density at radius 1 is 1.41 bits per heavy atom. The van der Waals surface area contributed by atoms with E-state index in [-0.39, 0.29) is 18.2 Å². The number of alkyl halides is 3. The number of fused-ring (bicyclic) bond motifs is 1. The van der Waals surface area contributed by atoms with E-state index in [9.17, 15) is 13.2 Å². The van der Waals surface area contributed by atoms with Crippen molar-refractivity contribution in [3.63, 3.8) is 0 Å². The molecule has 1 N–H and O–H groups in total. The van der Waals surface area contributed by atoms with E-state index in [1.807, 2.05) is 13.0 Å². The first-order valence-electron chi connectivity index (χ1n) is 8.26. The minimum atomic E-state index is -4.56. The van der Waals surface area contributed by atoms with Gasteiger partial charge in [0.1, 0.15) is 11.9 Å². The number of hydrogen-bond acceptors (Lipinski definition) is 5. The van der Waals surface area contributed by atoms with Gasteiger partial charge in [-0.2, -0.15) is 13.2 Å². The first-order chi connectivity index (χ1) is 12.8. The van der Waals surface area contributed by atoms with Gasteiger partial charge >= 0.3 is 6.18 Å². The number of epoxide rings is 1. The van der Waals surface area contributed by atoms with Crippen molar-refractivity contribution in [1.82, 2.24) is 20.3 Å². The summed E-state index contributed by atoms with van der Waals surface area (Å²) in [6.45, 7) is 1.90. The topological polar surface area (TPSA) is 64.5 Å². The van der Waals surface area contributed by atoms with Crippen LogP contribution in [0.15, 0.2) is 46.5 Å². The number of nitrogens with one attached hydrogen (secondary N) is 1. The van der Waals surface area contributed by atoms with Crippen LogP contribution in [0.4, 0.5) is 13.2 Å². The van der Waals surface area contributed by atoms with Crippen molar-refractivity contribution in [1.29, 1.82) is 0 Å². The second-order valence-electron chi connectivity index (χ2n) is 6.52. The summed E-state index contributed by atoms with van der Waals surface area (Å²) in [5, 5.41) is 10.6. The zero-order valence-electron chi connectivity index (χ0n) is 14.4. The molecule has 0 amide bonds. The van der Waals surface area contributed by atoms with Gasteiger partial charge in [0.25, 0.3) is 0 Å². The van der Waals surface area contributed by atoms with E-state index in [2.05, 4.69) is 15.6 Å². The van der Waals surface area contributed by atoms with Crippen LogP contribution in [0.2, 0.25) is 0 Å². The third kappa shape index (κ3) is 3.37. The molecule has 1 aromatic rings. The highest BCUT2D eigenvalue weighted by atomic mass is 35.5. The summed E-state index contributed by atoms with van der Waals surface area (Å²) < 4.78 is 50.9.